The predicted molar refractivity (Wildman–Crippen MR) is 98.0 cm³/mol. The molecule has 0 radical (unpaired) electrons. The van der Waals surface area contributed by atoms with E-state index in [1.807, 2.05) is 65.5 Å². The fraction of sp³-hybridized carbons (Fsp3) is 0.0952. The van der Waals surface area contributed by atoms with Crippen LogP contribution in [0, 0.1) is 11.8 Å². The Morgan fingerprint density at radius 1 is 1.04 bits per heavy atom. The molecule has 0 aliphatic rings. The van der Waals surface area contributed by atoms with E-state index < -0.39 is 0 Å². The Morgan fingerprint density at radius 3 is 2.48 bits per heavy atom. The minimum atomic E-state index is -0.145. The molecular weight excluding hydrogens is 312 g/mol. The van der Waals surface area contributed by atoms with Crippen molar-refractivity contribution in [1.29, 1.82) is 0 Å². The van der Waals surface area contributed by atoms with Crippen LogP contribution < -0.4 is 10.1 Å². The van der Waals surface area contributed by atoms with E-state index in [-0.39, 0.29) is 12.5 Å². The molecule has 3 rings (SSSR count). The molecule has 0 atom stereocenters. The summed E-state index contributed by atoms with van der Waals surface area (Å²) in [4.78, 5) is 12.2. The number of ether oxygens (including phenoxy) is 1. The number of hydrogen-bond acceptors (Lipinski definition) is 2. The van der Waals surface area contributed by atoms with E-state index in [2.05, 4.69) is 17.2 Å². The van der Waals surface area contributed by atoms with Gasteiger partial charge in [-0.1, -0.05) is 24.0 Å². The summed E-state index contributed by atoms with van der Waals surface area (Å²) in [5.41, 5.74) is 2.42. The molecule has 0 unspecified atom stereocenters. The Kier molecular flexibility index (Phi) is 5.18. The highest BCUT2D eigenvalue weighted by molar-refractivity contribution is 5.94. The van der Waals surface area contributed by atoms with Crippen molar-refractivity contribution >= 4 is 5.91 Å². The molecule has 0 saturated heterocycles. The molecule has 0 aliphatic carbocycles. The van der Waals surface area contributed by atoms with Crippen molar-refractivity contribution in [2.45, 2.75) is 0 Å². The summed E-state index contributed by atoms with van der Waals surface area (Å²) < 4.78 is 7.23. The van der Waals surface area contributed by atoms with E-state index in [4.69, 9.17) is 4.74 Å². The number of nitrogens with one attached hydrogen (secondary N) is 1. The van der Waals surface area contributed by atoms with E-state index in [0.29, 0.717) is 5.56 Å². The molecule has 1 heterocycles. The molecule has 1 aromatic heterocycles. The van der Waals surface area contributed by atoms with Crippen molar-refractivity contribution in [1.82, 2.24) is 9.88 Å². The number of carbonyl (C=O) groups excluding carboxylic acids is 1. The van der Waals surface area contributed by atoms with Gasteiger partial charge in [0, 0.05) is 23.6 Å². The summed E-state index contributed by atoms with van der Waals surface area (Å²) >= 11 is 0. The molecule has 4 nitrogen and oxygen atoms in total. The van der Waals surface area contributed by atoms with E-state index in [9.17, 15) is 4.79 Å². The third kappa shape index (κ3) is 4.10. The monoisotopic (exact) mass is 330 g/mol. The van der Waals surface area contributed by atoms with E-state index in [1.54, 1.807) is 19.2 Å². The van der Waals surface area contributed by atoms with Crippen LogP contribution in [0.1, 0.15) is 15.9 Å². The fourth-order valence-electron chi connectivity index (χ4n) is 2.41. The van der Waals surface area contributed by atoms with Crippen LogP contribution in [0.4, 0.5) is 0 Å². The molecule has 1 amide bonds. The van der Waals surface area contributed by atoms with Gasteiger partial charge in [0.05, 0.1) is 19.2 Å². The third-order valence-corrected chi connectivity index (χ3v) is 3.70. The van der Waals surface area contributed by atoms with Gasteiger partial charge in [0.1, 0.15) is 5.75 Å². The Morgan fingerprint density at radius 2 is 1.76 bits per heavy atom. The molecule has 4 heteroatoms. The average Bonchev–Trinajstić information content (AvgIpc) is 3.20. The maximum Gasteiger partial charge on any atom is 0.252 e. The van der Waals surface area contributed by atoms with Gasteiger partial charge < -0.3 is 14.6 Å². The lowest BCUT2D eigenvalue weighted by atomic mass is 10.2. The topological polar surface area (TPSA) is 43.3 Å². The van der Waals surface area contributed by atoms with Crippen LogP contribution in [-0.4, -0.2) is 24.1 Å². The minimum absolute atomic E-state index is 0.145. The maximum absolute atomic E-state index is 12.2. The van der Waals surface area contributed by atoms with Crippen molar-refractivity contribution in [2.75, 3.05) is 13.7 Å². The summed E-state index contributed by atoms with van der Waals surface area (Å²) in [6.07, 6.45) is 3.92. The van der Waals surface area contributed by atoms with Crippen LogP contribution in [0.15, 0.2) is 73.1 Å². The molecule has 0 bridgehead atoms. The molecule has 0 spiro atoms. The van der Waals surface area contributed by atoms with Crippen LogP contribution >= 0.6 is 0 Å². The zero-order chi connectivity index (χ0) is 17.5. The first-order valence-corrected chi connectivity index (χ1v) is 7.91. The highest BCUT2D eigenvalue weighted by atomic mass is 16.5. The van der Waals surface area contributed by atoms with E-state index in [0.717, 1.165) is 17.0 Å². The van der Waals surface area contributed by atoms with Crippen LogP contribution in [0.2, 0.25) is 0 Å². The summed E-state index contributed by atoms with van der Waals surface area (Å²) in [6, 6.07) is 18.9. The largest absolute Gasteiger partial charge is 0.495 e. The molecule has 3 aromatic rings. The summed E-state index contributed by atoms with van der Waals surface area (Å²) in [7, 11) is 1.61. The van der Waals surface area contributed by atoms with Crippen molar-refractivity contribution in [2.24, 2.45) is 0 Å². The van der Waals surface area contributed by atoms with Gasteiger partial charge in [-0.2, -0.15) is 0 Å². The summed E-state index contributed by atoms with van der Waals surface area (Å²) in [5.74, 6) is 6.53. The highest BCUT2D eigenvalue weighted by Crippen LogP contribution is 2.15. The number of nitrogens with zero attached hydrogens (tertiary/aromatic N) is 1. The molecule has 0 aliphatic heterocycles. The lowest BCUT2D eigenvalue weighted by Gasteiger charge is -2.05. The van der Waals surface area contributed by atoms with Crippen molar-refractivity contribution in [3.8, 4) is 23.3 Å². The Balaban J connectivity index is 1.59. The Hall–Kier alpha value is -3.45. The van der Waals surface area contributed by atoms with Gasteiger partial charge in [0.2, 0.25) is 0 Å². The van der Waals surface area contributed by atoms with Crippen molar-refractivity contribution in [3.05, 3.63) is 84.2 Å². The van der Waals surface area contributed by atoms with Crippen molar-refractivity contribution in [3.63, 3.8) is 0 Å². The first-order chi connectivity index (χ1) is 12.3. The Bertz CT molecular complexity index is 901. The fourth-order valence-corrected chi connectivity index (χ4v) is 2.41. The average molecular weight is 330 g/mol. The van der Waals surface area contributed by atoms with Gasteiger partial charge in [0.15, 0.2) is 0 Å². The second kappa shape index (κ2) is 7.89. The zero-order valence-electron chi connectivity index (χ0n) is 13.9. The van der Waals surface area contributed by atoms with Gasteiger partial charge in [-0.05, 0) is 48.5 Å². The number of benzene rings is 2. The number of amides is 1. The smallest absolute Gasteiger partial charge is 0.252 e. The van der Waals surface area contributed by atoms with Crippen molar-refractivity contribution < 1.29 is 9.53 Å². The van der Waals surface area contributed by atoms with E-state index >= 15 is 0 Å². The molecule has 25 heavy (non-hydrogen) atoms. The Labute approximate surface area is 147 Å². The number of para-hydroxylation sites is 1. The van der Waals surface area contributed by atoms with Gasteiger partial charge >= 0.3 is 0 Å². The number of rotatable bonds is 4. The van der Waals surface area contributed by atoms with Crippen LogP contribution in [-0.2, 0) is 0 Å². The summed E-state index contributed by atoms with van der Waals surface area (Å²) in [5, 5.41) is 2.80. The quantitative estimate of drug-likeness (QED) is 0.746. The maximum atomic E-state index is 12.2. The standard InChI is InChI=1S/C21H18N2O2/c1-25-20-9-3-2-7-17(20)8-6-14-22-21(24)18-10-12-19(13-11-18)23-15-4-5-16-23/h2-5,7,9-13,15-16H,14H2,1H3,(H,22,24). The normalized spacial score (nSPS) is 9.80. The number of methoxy groups -OCH3 is 1. The first-order valence-electron chi connectivity index (χ1n) is 7.91. The first kappa shape index (κ1) is 16.4. The van der Waals surface area contributed by atoms with Gasteiger partial charge in [-0.25, -0.2) is 0 Å². The second-order valence-corrected chi connectivity index (χ2v) is 5.32. The molecule has 0 saturated carbocycles. The lowest BCUT2D eigenvalue weighted by molar-refractivity contribution is 0.0958. The zero-order valence-corrected chi connectivity index (χ0v) is 13.9. The SMILES string of the molecule is COc1ccccc1C#CCNC(=O)c1ccc(-n2cccc2)cc1. The third-order valence-electron chi connectivity index (χ3n) is 3.70. The minimum Gasteiger partial charge on any atom is -0.495 e. The molecular formula is C21H18N2O2. The van der Waals surface area contributed by atoms with Crippen LogP contribution in [0.25, 0.3) is 5.69 Å². The lowest BCUT2D eigenvalue weighted by Crippen LogP contribution is -2.23. The van der Waals surface area contributed by atoms with Crippen LogP contribution in [0.5, 0.6) is 5.75 Å². The predicted octanol–water partition coefficient (Wildman–Crippen LogP) is 3.27. The van der Waals surface area contributed by atoms with Gasteiger partial charge in [-0.15, -0.1) is 0 Å². The number of aromatic nitrogens is 1. The van der Waals surface area contributed by atoms with Crippen LogP contribution in [0.3, 0.4) is 0 Å². The number of carbonyl (C=O) groups is 1. The summed E-state index contributed by atoms with van der Waals surface area (Å²) in [6.45, 7) is 0.274. The molecule has 124 valence electrons. The highest BCUT2D eigenvalue weighted by Gasteiger charge is 2.04. The van der Waals surface area contributed by atoms with Gasteiger partial charge in [0.25, 0.3) is 5.91 Å². The van der Waals surface area contributed by atoms with Gasteiger partial charge in [-0.3, -0.25) is 4.79 Å². The molecule has 2 aromatic carbocycles. The number of hydrogen-bond donors (Lipinski definition) is 1. The molecule has 0 fully saturated rings. The molecule has 1 N–H and O–H groups in total. The second-order valence-electron chi connectivity index (χ2n) is 5.32. The van der Waals surface area contributed by atoms with E-state index in [1.165, 1.54) is 0 Å².